The summed E-state index contributed by atoms with van der Waals surface area (Å²) in [5.41, 5.74) is 3.69. The van der Waals surface area contributed by atoms with Crippen LogP contribution in [0.1, 0.15) is 37.8 Å². The Morgan fingerprint density at radius 1 is 1.12 bits per heavy atom. The van der Waals surface area contributed by atoms with Crippen molar-refractivity contribution in [1.82, 2.24) is 4.90 Å². The second-order valence-corrected chi connectivity index (χ2v) is 6.87. The largest absolute Gasteiger partial charge is 0.466 e. The molecule has 1 aliphatic heterocycles. The number of likely N-dealkylation sites (tertiary alicyclic amines) is 1. The molecule has 3 heteroatoms. The van der Waals surface area contributed by atoms with Crippen LogP contribution in [0.4, 0.5) is 0 Å². The smallest absolute Gasteiger partial charge is 0.309 e. The van der Waals surface area contributed by atoms with Gasteiger partial charge in [-0.3, -0.25) is 4.79 Å². The number of carbonyl (C=O) groups is 1. The minimum absolute atomic E-state index is 0.127. The van der Waals surface area contributed by atoms with E-state index in [2.05, 4.69) is 79.5 Å². The quantitative estimate of drug-likeness (QED) is 0.743. The number of likely N-dealkylation sites (N-methyl/N-ethyl adjacent to an activating group) is 1. The van der Waals surface area contributed by atoms with Crippen LogP contribution in [0, 0.1) is 0 Å². The third kappa shape index (κ3) is 3.26. The molecule has 1 saturated heterocycles. The Labute approximate surface area is 156 Å². The van der Waals surface area contributed by atoms with Crippen LogP contribution < -0.4 is 0 Å². The van der Waals surface area contributed by atoms with Gasteiger partial charge in [0.05, 0.1) is 13.0 Å². The molecule has 1 heterocycles. The monoisotopic (exact) mass is 349 g/mol. The standard InChI is InChI=1S/C23H27NO2/c1-4-26-22(25)16-15-21-17-23(18(2)24(21)3,19-11-7-5-8-12-19)20-13-9-6-10-14-20/h5-15,18H,4,16-17H2,1-3H3. The average Bonchev–Trinajstić information content (AvgIpc) is 2.94. The topological polar surface area (TPSA) is 29.5 Å². The number of nitrogens with zero attached hydrogens (tertiary/aromatic N) is 1. The maximum absolute atomic E-state index is 11.8. The van der Waals surface area contributed by atoms with Crippen molar-refractivity contribution in [3.8, 4) is 0 Å². The number of carbonyl (C=O) groups excluding carboxylic acids is 1. The lowest BCUT2D eigenvalue weighted by Crippen LogP contribution is -2.39. The first-order valence-electron chi connectivity index (χ1n) is 9.28. The molecule has 0 bridgehead atoms. The summed E-state index contributed by atoms with van der Waals surface area (Å²) in [6, 6.07) is 21.7. The zero-order valence-electron chi connectivity index (χ0n) is 15.8. The maximum atomic E-state index is 11.8. The fourth-order valence-electron chi connectivity index (χ4n) is 4.10. The molecule has 0 saturated carbocycles. The first-order chi connectivity index (χ1) is 12.6. The first kappa shape index (κ1) is 18.2. The number of ether oxygens (including phenoxy) is 1. The molecule has 2 aromatic carbocycles. The molecule has 0 aliphatic carbocycles. The molecule has 0 radical (unpaired) electrons. The summed E-state index contributed by atoms with van der Waals surface area (Å²) in [5, 5.41) is 0. The van der Waals surface area contributed by atoms with E-state index in [1.54, 1.807) is 0 Å². The van der Waals surface area contributed by atoms with Crippen LogP contribution >= 0.6 is 0 Å². The summed E-state index contributed by atoms with van der Waals surface area (Å²) in [4.78, 5) is 14.1. The molecule has 2 aromatic rings. The number of allylic oxidation sites excluding steroid dienone is 1. The lowest BCUT2D eigenvalue weighted by Gasteiger charge is -2.36. The third-order valence-corrected chi connectivity index (χ3v) is 5.59. The van der Waals surface area contributed by atoms with Crippen LogP contribution in [0.15, 0.2) is 72.4 Å². The Balaban J connectivity index is 2.03. The van der Waals surface area contributed by atoms with Gasteiger partial charge in [-0.2, -0.15) is 0 Å². The Bertz CT molecular complexity index is 728. The molecule has 1 fully saturated rings. The van der Waals surface area contributed by atoms with Crippen LogP contribution in [-0.4, -0.2) is 30.6 Å². The van der Waals surface area contributed by atoms with Crippen molar-refractivity contribution in [2.24, 2.45) is 0 Å². The molecule has 1 unspecified atom stereocenters. The van der Waals surface area contributed by atoms with Crippen molar-refractivity contribution >= 4 is 5.97 Å². The molecular weight excluding hydrogens is 322 g/mol. The molecule has 1 atom stereocenters. The molecule has 1 aliphatic rings. The van der Waals surface area contributed by atoms with Gasteiger partial charge in [0.25, 0.3) is 0 Å². The van der Waals surface area contributed by atoms with Crippen LogP contribution in [0.3, 0.4) is 0 Å². The lowest BCUT2D eigenvalue weighted by molar-refractivity contribution is -0.142. The molecule has 0 aromatic heterocycles. The highest BCUT2D eigenvalue weighted by Crippen LogP contribution is 2.49. The number of hydrogen-bond donors (Lipinski definition) is 0. The van der Waals surface area contributed by atoms with Crippen molar-refractivity contribution in [2.75, 3.05) is 13.7 Å². The summed E-state index contributed by atoms with van der Waals surface area (Å²) in [5.74, 6) is -0.169. The predicted molar refractivity (Wildman–Crippen MR) is 105 cm³/mol. The van der Waals surface area contributed by atoms with Gasteiger partial charge in [0, 0.05) is 30.6 Å². The van der Waals surface area contributed by atoms with Crippen molar-refractivity contribution < 1.29 is 9.53 Å². The van der Waals surface area contributed by atoms with Gasteiger partial charge in [-0.05, 0) is 25.0 Å². The van der Waals surface area contributed by atoms with Crippen LogP contribution in [0.25, 0.3) is 0 Å². The highest BCUT2D eigenvalue weighted by atomic mass is 16.5. The second kappa shape index (κ2) is 7.77. The zero-order valence-corrected chi connectivity index (χ0v) is 15.8. The van der Waals surface area contributed by atoms with E-state index in [9.17, 15) is 4.79 Å². The maximum Gasteiger partial charge on any atom is 0.309 e. The molecule has 3 rings (SSSR count). The molecule has 3 nitrogen and oxygen atoms in total. The van der Waals surface area contributed by atoms with Gasteiger partial charge in [-0.1, -0.05) is 66.7 Å². The van der Waals surface area contributed by atoms with Gasteiger partial charge in [0.15, 0.2) is 0 Å². The lowest BCUT2D eigenvalue weighted by atomic mass is 9.69. The number of rotatable bonds is 5. The first-order valence-corrected chi connectivity index (χ1v) is 9.28. The summed E-state index contributed by atoms with van der Waals surface area (Å²) in [6.45, 7) is 4.53. The highest BCUT2D eigenvalue weighted by molar-refractivity contribution is 5.71. The Morgan fingerprint density at radius 2 is 1.65 bits per heavy atom. The van der Waals surface area contributed by atoms with E-state index in [0.717, 1.165) is 6.42 Å². The molecule has 0 N–H and O–H groups in total. The average molecular weight is 349 g/mol. The minimum atomic E-state index is -0.169. The molecular formula is C23H27NO2. The SMILES string of the molecule is CCOC(=O)CC=C1CC(c2ccccc2)(c2ccccc2)C(C)N1C. The minimum Gasteiger partial charge on any atom is -0.466 e. The summed E-state index contributed by atoms with van der Waals surface area (Å²) >= 11 is 0. The molecule has 0 amide bonds. The van der Waals surface area contributed by atoms with Gasteiger partial charge in [-0.25, -0.2) is 0 Å². The summed E-state index contributed by atoms with van der Waals surface area (Å²) in [6.07, 6.45) is 3.22. The van der Waals surface area contributed by atoms with E-state index < -0.39 is 0 Å². The Kier molecular flexibility index (Phi) is 5.46. The molecule has 26 heavy (non-hydrogen) atoms. The van der Waals surface area contributed by atoms with Crippen molar-refractivity contribution in [3.63, 3.8) is 0 Å². The van der Waals surface area contributed by atoms with E-state index in [4.69, 9.17) is 4.74 Å². The van der Waals surface area contributed by atoms with E-state index in [0.29, 0.717) is 13.0 Å². The Morgan fingerprint density at radius 3 is 2.15 bits per heavy atom. The van der Waals surface area contributed by atoms with Crippen LogP contribution in [-0.2, 0) is 14.9 Å². The van der Waals surface area contributed by atoms with E-state index in [1.165, 1.54) is 16.8 Å². The summed E-state index contributed by atoms with van der Waals surface area (Å²) < 4.78 is 5.08. The van der Waals surface area contributed by atoms with E-state index >= 15 is 0 Å². The van der Waals surface area contributed by atoms with Crippen molar-refractivity contribution in [1.29, 1.82) is 0 Å². The normalized spacial score (nSPS) is 20.3. The van der Waals surface area contributed by atoms with Gasteiger partial charge >= 0.3 is 5.97 Å². The fourth-order valence-corrected chi connectivity index (χ4v) is 4.10. The van der Waals surface area contributed by atoms with Gasteiger partial charge in [-0.15, -0.1) is 0 Å². The van der Waals surface area contributed by atoms with E-state index in [-0.39, 0.29) is 17.4 Å². The number of hydrogen-bond acceptors (Lipinski definition) is 3. The molecule has 0 spiro atoms. The van der Waals surface area contributed by atoms with Crippen LogP contribution in [0.5, 0.6) is 0 Å². The zero-order chi connectivity index (χ0) is 18.6. The van der Waals surface area contributed by atoms with Gasteiger partial charge in [0.2, 0.25) is 0 Å². The fraction of sp³-hybridized carbons (Fsp3) is 0.348. The second-order valence-electron chi connectivity index (χ2n) is 6.87. The van der Waals surface area contributed by atoms with Crippen molar-refractivity contribution in [2.45, 2.75) is 38.1 Å². The van der Waals surface area contributed by atoms with Gasteiger partial charge < -0.3 is 9.64 Å². The van der Waals surface area contributed by atoms with Crippen LogP contribution in [0.2, 0.25) is 0 Å². The predicted octanol–water partition coefficient (Wildman–Crippen LogP) is 4.53. The van der Waals surface area contributed by atoms with E-state index in [1.807, 2.05) is 13.0 Å². The number of esters is 1. The van der Waals surface area contributed by atoms with Gasteiger partial charge in [0.1, 0.15) is 0 Å². The number of benzene rings is 2. The summed E-state index contributed by atoms with van der Waals surface area (Å²) in [7, 11) is 2.12. The third-order valence-electron chi connectivity index (χ3n) is 5.59. The highest BCUT2D eigenvalue weighted by Gasteiger charge is 2.48. The molecule has 136 valence electrons. The van der Waals surface area contributed by atoms with Crippen molar-refractivity contribution in [3.05, 3.63) is 83.6 Å². The Hall–Kier alpha value is -2.55.